The zero-order valence-electron chi connectivity index (χ0n) is 11.8. The number of hydrogen-bond acceptors (Lipinski definition) is 2. The van der Waals surface area contributed by atoms with Crippen molar-refractivity contribution in [1.82, 2.24) is 5.32 Å². The van der Waals surface area contributed by atoms with Crippen molar-refractivity contribution in [1.29, 1.82) is 5.26 Å². The Morgan fingerprint density at radius 3 is 2.57 bits per heavy atom. The summed E-state index contributed by atoms with van der Waals surface area (Å²) in [7, 11) is 0. The molecule has 0 aromatic heterocycles. The number of benzene rings is 1. The molecule has 112 valence electrons. The standard InChI is InChI=1S/C16H18ClFN2O/c17-13-9-12(5-6-14(13)18)10-20-15(21)16(11-19)7-3-1-2-4-8-16/h5-6,9H,1-4,7-8,10H2,(H,20,21). The van der Waals surface area contributed by atoms with Crippen LogP contribution in [0.15, 0.2) is 18.2 Å². The maximum atomic E-state index is 13.1. The molecule has 0 aliphatic heterocycles. The fourth-order valence-electron chi connectivity index (χ4n) is 2.72. The van der Waals surface area contributed by atoms with Crippen LogP contribution in [0, 0.1) is 22.6 Å². The lowest BCUT2D eigenvalue weighted by Gasteiger charge is -2.23. The Balaban J connectivity index is 2.02. The van der Waals surface area contributed by atoms with Crippen LogP contribution in [0.2, 0.25) is 5.02 Å². The highest BCUT2D eigenvalue weighted by molar-refractivity contribution is 6.30. The van der Waals surface area contributed by atoms with Gasteiger partial charge in [0.15, 0.2) is 0 Å². The first kappa shape index (κ1) is 15.8. The molecular weight excluding hydrogens is 291 g/mol. The molecule has 21 heavy (non-hydrogen) atoms. The molecule has 0 saturated heterocycles. The summed E-state index contributed by atoms with van der Waals surface area (Å²) in [6, 6.07) is 6.56. The van der Waals surface area contributed by atoms with Crippen LogP contribution >= 0.6 is 11.6 Å². The summed E-state index contributed by atoms with van der Waals surface area (Å²) in [5.74, 6) is -0.712. The minimum absolute atomic E-state index is 0.0335. The Morgan fingerprint density at radius 2 is 2.00 bits per heavy atom. The zero-order chi connectivity index (χ0) is 15.3. The SMILES string of the molecule is N#CC1(C(=O)NCc2ccc(F)c(Cl)c2)CCCCCC1. The number of amides is 1. The van der Waals surface area contributed by atoms with Crippen LogP contribution in [-0.4, -0.2) is 5.91 Å². The molecule has 1 aliphatic rings. The van der Waals surface area contributed by atoms with E-state index in [1.54, 1.807) is 6.07 Å². The average Bonchev–Trinajstić information content (AvgIpc) is 2.74. The quantitative estimate of drug-likeness (QED) is 0.859. The predicted molar refractivity (Wildman–Crippen MR) is 79.0 cm³/mol. The number of nitriles is 1. The summed E-state index contributed by atoms with van der Waals surface area (Å²) >= 11 is 5.71. The third kappa shape index (κ3) is 3.74. The van der Waals surface area contributed by atoms with Crippen molar-refractivity contribution < 1.29 is 9.18 Å². The van der Waals surface area contributed by atoms with Gasteiger partial charge in [-0.2, -0.15) is 5.26 Å². The number of hydrogen-bond donors (Lipinski definition) is 1. The van der Waals surface area contributed by atoms with Gasteiger partial charge in [-0.25, -0.2) is 4.39 Å². The molecule has 0 heterocycles. The molecule has 5 heteroatoms. The molecule has 0 radical (unpaired) electrons. The first-order valence-electron chi connectivity index (χ1n) is 7.21. The highest BCUT2D eigenvalue weighted by Crippen LogP contribution is 2.34. The van der Waals surface area contributed by atoms with Gasteiger partial charge in [-0.15, -0.1) is 0 Å². The number of nitrogens with one attached hydrogen (secondary N) is 1. The molecule has 1 amide bonds. The van der Waals surface area contributed by atoms with Gasteiger partial charge in [-0.05, 0) is 30.5 Å². The van der Waals surface area contributed by atoms with Crippen LogP contribution in [-0.2, 0) is 11.3 Å². The molecule has 2 rings (SSSR count). The Bertz CT molecular complexity index is 560. The van der Waals surface area contributed by atoms with E-state index in [1.807, 2.05) is 0 Å². The molecule has 0 unspecified atom stereocenters. The van der Waals surface area contributed by atoms with Crippen molar-refractivity contribution in [3.8, 4) is 6.07 Å². The highest BCUT2D eigenvalue weighted by atomic mass is 35.5. The van der Waals surface area contributed by atoms with Gasteiger partial charge in [0.2, 0.25) is 5.91 Å². The first-order valence-corrected chi connectivity index (χ1v) is 7.59. The van der Waals surface area contributed by atoms with Gasteiger partial charge in [0, 0.05) is 6.54 Å². The molecule has 1 aromatic carbocycles. The summed E-state index contributed by atoms with van der Waals surface area (Å²) < 4.78 is 13.1. The van der Waals surface area contributed by atoms with Crippen LogP contribution in [0.5, 0.6) is 0 Å². The van der Waals surface area contributed by atoms with Crippen LogP contribution in [0.4, 0.5) is 4.39 Å². The van der Waals surface area contributed by atoms with E-state index < -0.39 is 11.2 Å². The van der Waals surface area contributed by atoms with Crippen molar-refractivity contribution >= 4 is 17.5 Å². The third-order valence-corrected chi connectivity index (χ3v) is 4.33. The smallest absolute Gasteiger partial charge is 0.240 e. The van der Waals surface area contributed by atoms with Gasteiger partial charge in [0.05, 0.1) is 11.1 Å². The second-order valence-corrected chi connectivity index (χ2v) is 5.95. The largest absolute Gasteiger partial charge is 0.351 e. The Morgan fingerprint density at radius 1 is 1.33 bits per heavy atom. The van der Waals surface area contributed by atoms with E-state index in [-0.39, 0.29) is 17.5 Å². The van der Waals surface area contributed by atoms with Crippen molar-refractivity contribution in [2.24, 2.45) is 5.41 Å². The van der Waals surface area contributed by atoms with Crippen molar-refractivity contribution in [3.63, 3.8) is 0 Å². The van der Waals surface area contributed by atoms with Crippen molar-refractivity contribution in [2.45, 2.75) is 45.1 Å². The molecule has 1 fully saturated rings. The molecular formula is C16H18ClFN2O. The topological polar surface area (TPSA) is 52.9 Å². The molecule has 0 spiro atoms. The lowest BCUT2D eigenvalue weighted by Crippen LogP contribution is -2.39. The molecule has 1 saturated carbocycles. The van der Waals surface area contributed by atoms with Gasteiger partial charge >= 0.3 is 0 Å². The summed E-state index contributed by atoms with van der Waals surface area (Å²) in [5.41, 5.74) is -0.197. The van der Waals surface area contributed by atoms with Crippen LogP contribution in [0.3, 0.4) is 0 Å². The average molecular weight is 309 g/mol. The summed E-state index contributed by atoms with van der Waals surface area (Å²) in [5, 5.41) is 12.3. The maximum absolute atomic E-state index is 13.1. The van der Waals surface area contributed by atoms with Gasteiger partial charge in [0.25, 0.3) is 0 Å². The normalized spacial score (nSPS) is 17.6. The van der Waals surface area contributed by atoms with Crippen LogP contribution in [0.25, 0.3) is 0 Å². The number of rotatable bonds is 3. The monoisotopic (exact) mass is 308 g/mol. The number of carbonyl (C=O) groups excluding carboxylic acids is 1. The molecule has 1 N–H and O–H groups in total. The van der Waals surface area contributed by atoms with Gasteiger partial charge in [-0.3, -0.25) is 4.79 Å². The molecule has 1 aliphatic carbocycles. The van der Waals surface area contributed by atoms with Gasteiger partial charge in [-0.1, -0.05) is 43.4 Å². The third-order valence-electron chi connectivity index (χ3n) is 4.04. The van der Waals surface area contributed by atoms with Crippen molar-refractivity contribution in [3.05, 3.63) is 34.6 Å². The lowest BCUT2D eigenvalue weighted by molar-refractivity contribution is -0.129. The van der Waals surface area contributed by atoms with E-state index >= 15 is 0 Å². The first-order chi connectivity index (χ1) is 10.1. The molecule has 3 nitrogen and oxygen atoms in total. The Labute approximate surface area is 129 Å². The van der Waals surface area contributed by atoms with E-state index in [2.05, 4.69) is 11.4 Å². The van der Waals surface area contributed by atoms with Gasteiger partial charge < -0.3 is 5.32 Å². The summed E-state index contributed by atoms with van der Waals surface area (Å²) in [6.07, 6.45) is 5.18. The predicted octanol–water partition coefficient (Wildman–Crippen LogP) is 3.96. The van der Waals surface area contributed by atoms with Crippen LogP contribution < -0.4 is 5.32 Å². The fourth-order valence-corrected chi connectivity index (χ4v) is 2.93. The maximum Gasteiger partial charge on any atom is 0.240 e. The highest BCUT2D eigenvalue weighted by Gasteiger charge is 2.38. The minimum atomic E-state index is -0.916. The second-order valence-electron chi connectivity index (χ2n) is 5.54. The molecule has 0 bridgehead atoms. The molecule has 0 atom stereocenters. The van der Waals surface area contributed by atoms with E-state index in [4.69, 9.17) is 11.6 Å². The number of halogens is 2. The summed E-state index contributed by atoms with van der Waals surface area (Å²) in [6.45, 7) is 0.252. The minimum Gasteiger partial charge on any atom is -0.351 e. The lowest BCUT2D eigenvalue weighted by atomic mass is 9.81. The zero-order valence-corrected chi connectivity index (χ0v) is 12.5. The fraction of sp³-hybridized carbons (Fsp3) is 0.500. The molecule has 1 aromatic rings. The van der Waals surface area contributed by atoms with E-state index in [9.17, 15) is 14.4 Å². The Hall–Kier alpha value is -1.60. The van der Waals surface area contributed by atoms with Crippen molar-refractivity contribution in [2.75, 3.05) is 0 Å². The van der Waals surface area contributed by atoms with E-state index in [1.165, 1.54) is 12.1 Å². The number of nitrogens with zero attached hydrogens (tertiary/aromatic N) is 1. The van der Waals surface area contributed by atoms with Crippen LogP contribution in [0.1, 0.15) is 44.1 Å². The van der Waals surface area contributed by atoms with Gasteiger partial charge in [0.1, 0.15) is 11.2 Å². The summed E-state index contributed by atoms with van der Waals surface area (Å²) in [4.78, 5) is 12.4. The Kier molecular flexibility index (Phi) is 5.19. The van der Waals surface area contributed by atoms with E-state index in [0.717, 1.165) is 31.2 Å². The number of carbonyl (C=O) groups is 1. The van der Waals surface area contributed by atoms with E-state index in [0.29, 0.717) is 12.8 Å². The second kappa shape index (κ2) is 6.91.